The van der Waals surface area contributed by atoms with Crippen molar-refractivity contribution < 1.29 is 57.7 Å². The number of hydrogen-bond donors (Lipinski definition) is 9. The summed E-state index contributed by atoms with van der Waals surface area (Å²) in [5.74, 6) is -5.93. The van der Waals surface area contributed by atoms with Gasteiger partial charge in [-0.05, 0) is 103 Å². The summed E-state index contributed by atoms with van der Waals surface area (Å²) in [5, 5.41) is 46.2. The summed E-state index contributed by atoms with van der Waals surface area (Å²) >= 11 is 0. The Hall–Kier alpha value is -3.09. The number of Topliss-reactive ketones (excluding diaryl/α,β-unsaturated/α-hetero) is 1. The molecule has 50 heavy (non-hydrogen) atoms. The minimum atomic E-state index is -2.00. The molecular formula is C33H62BF3N4O9. The molecular weight excluding hydrogens is 664 g/mol. The molecule has 0 bridgehead atoms. The number of hydrogen-bond acceptors (Lipinski definition) is 10. The van der Waals surface area contributed by atoms with Crippen LogP contribution in [-0.2, 0) is 19.2 Å². The Morgan fingerprint density at radius 1 is 0.660 bits per heavy atom. The zero-order chi connectivity index (χ0) is 39.2. The second kappa shape index (κ2) is 40.3. The molecule has 0 saturated carbocycles. The van der Waals surface area contributed by atoms with E-state index in [9.17, 15) is 32.3 Å². The van der Waals surface area contributed by atoms with Crippen LogP contribution in [0.15, 0.2) is 12.1 Å². The minimum Gasteiger partial charge on any atom is -0.481 e. The van der Waals surface area contributed by atoms with E-state index in [1.807, 2.05) is 7.05 Å². The number of rotatable bonds is 23. The molecule has 17 heteroatoms. The first kappa shape index (κ1) is 53.7. The summed E-state index contributed by atoms with van der Waals surface area (Å²) in [6.45, 7) is 5.09. The van der Waals surface area contributed by atoms with E-state index in [0.717, 1.165) is 65.4 Å². The highest BCUT2D eigenvalue weighted by Crippen LogP contribution is 2.08. The normalized spacial score (nSPS) is 9.66. The lowest BCUT2D eigenvalue weighted by molar-refractivity contribution is -0.139. The molecule has 0 aliphatic heterocycles. The molecule has 0 aliphatic rings. The van der Waals surface area contributed by atoms with Crippen LogP contribution in [-0.4, -0.2) is 96.5 Å². The topological polar surface area (TPSA) is 246 Å². The second-order valence-corrected chi connectivity index (χ2v) is 10.9. The third-order valence-corrected chi connectivity index (χ3v) is 6.35. The van der Waals surface area contributed by atoms with Crippen molar-refractivity contribution in [2.24, 2.45) is 11.5 Å². The van der Waals surface area contributed by atoms with Gasteiger partial charge in [0.1, 0.15) is 5.78 Å². The highest BCUT2D eigenvalue weighted by Gasteiger charge is 2.17. The molecule has 13 nitrogen and oxygen atoms in total. The number of nitrogens with one attached hydrogen (secondary N) is 2. The smallest absolute Gasteiger partial charge is 0.481 e. The monoisotopic (exact) mass is 726 g/mol. The van der Waals surface area contributed by atoms with Crippen LogP contribution in [0, 0.1) is 17.5 Å². The van der Waals surface area contributed by atoms with Gasteiger partial charge >= 0.3 is 19.1 Å². The zero-order valence-electron chi connectivity index (χ0n) is 30.0. The van der Waals surface area contributed by atoms with Gasteiger partial charge in [0.05, 0.1) is 0 Å². The van der Waals surface area contributed by atoms with Crippen LogP contribution in [0.1, 0.15) is 110 Å². The molecule has 11 N–H and O–H groups in total. The van der Waals surface area contributed by atoms with Gasteiger partial charge in [-0.25, -0.2) is 13.2 Å². The van der Waals surface area contributed by atoms with Crippen molar-refractivity contribution in [3.63, 3.8) is 0 Å². The van der Waals surface area contributed by atoms with E-state index in [0.29, 0.717) is 37.8 Å². The first-order valence-electron chi connectivity index (χ1n) is 16.9. The van der Waals surface area contributed by atoms with Crippen molar-refractivity contribution in [1.29, 1.82) is 0 Å². The fourth-order valence-electron chi connectivity index (χ4n) is 3.67. The van der Waals surface area contributed by atoms with Gasteiger partial charge in [0.25, 0.3) is 0 Å². The van der Waals surface area contributed by atoms with Crippen LogP contribution in [0.4, 0.5) is 13.2 Å². The lowest BCUT2D eigenvalue weighted by Gasteiger charge is -2.05. The molecule has 0 heterocycles. The van der Waals surface area contributed by atoms with Gasteiger partial charge in [-0.2, -0.15) is 0 Å². The quantitative estimate of drug-likeness (QED) is 0.0449. The minimum absolute atomic E-state index is 0.0628. The Kier molecular flexibility index (Phi) is 43.3. The number of carboxylic acid groups (broad SMARTS) is 2. The van der Waals surface area contributed by atoms with Crippen LogP contribution < -0.4 is 27.6 Å². The highest BCUT2D eigenvalue weighted by molar-refractivity contribution is 6.58. The Morgan fingerprint density at radius 3 is 1.44 bits per heavy atom. The number of carbonyl (C=O) groups excluding carboxylic acids is 2. The van der Waals surface area contributed by atoms with Crippen LogP contribution in [0.3, 0.4) is 0 Å². The number of aliphatic hydroxyl groups is 1. The molecule has 1 aromatic rings. The number of unbranched alkanes of at least 4 members (excludes halogenated alkanes) is 8. The largest absolute Gasteiger partial charge is 0.488 e. The van der Waals surface area contributed by atoms with E-state index in [1.54, 1.807) is 6.92 Å². The lowest BCUT2D eigenvalue weighted by Crippen LogP contribution is -2.30. The van der Waals surface area contributed by atoms with Gasteiger partial charge in [-0.15, -0.1) is 0 Å². The second-order valence-electron chi connectivity index (χ2n) is 10.9. The maximum absolute atomic E-state index is 12.4. The number of benzene rings is 1. The van der Waals surface area contributed by atoms with E-state index < -0.39 is 42.0 Å². The highest BCUT2D eigenvalue weighted by atomic mass is 19.2. The Balaban J connectivity index is -0.000000290. The molecule has 1 aromatic carbocycles. The summed E-state index contributed by atoms with van der Waals surface area (Å²) in [6, 6.07) is 1.03. The van der Waals surface area contributed by atoms with Crippen LogP contribution in [0.25, 0.3) is 0 Å². The molecule has 292 valence electrons. The molecule has 0 spiro atoms. The van der Waals surface area contributed by atoms with Gasteiger partial charge in [-0.3, -0.25) is 14.4 Å². The number of nitrogens with two attached hydrogens (primary N) is 2. The van der Waals surface area contributed by atoms with Gasteiger partial charge in [-0.1, -0.05) is 25.7 Å². The number of carboxylic acids is 2. The van der Waals surface area contributed by atoms with Crippen molar-refractivity contribution in [2.75, 3.05) is 40.3 Å². The molecule has 0 atom stereocenters. The zero-order valence-corrected chi connectivity index (χ0v) is 30.0. The first-order chi connectivity index (χ1) is 23.7. The standard InChI is InChI=1S/C14H28N2O2.C6H4BF3O2.C6H16N2.C6H10O4.CH4O/c1-13(17)9-5-6-10-14(18)16-12-8-4-3-7-11-15-2;8-4-1-3(7(11)12)2-5(9)6(4)10;7-5-3-1-2-4-6-8;7-5(8)3-1-2-4-6(9)10;1-2/h15H,3-12H2,1-2H3,(H,16,18);1-2,11-12H;1-8H2;1-4H2,(H,7,8)(H,9,10);2H,1H3. The SMILES string of the molecule is CNCCCCCCNC(=O)CCCCC(C)=O.CO.NCCCCCCN.O=C(O)CCCCC(=O)O.OB(O)c1cc(F)c(F)c(F)c1. The van der Waals surface area contributed by atoms with Gasteiger partial charge in [0, 0.05) is 39.3 Å². The van der Waals surface area contributed by atoms with E-state index in [2.05, 4.69) is 10.6 Å². The van der Waals surface area contributed by atoms with Gasteiger partial charge in [0.2, 0.25) is 5.91 Å². The molecule has 0 radical (unpaired) electrons. The molecule has 1 rings (SSSR count). The Morgan fingerprint density at radius 2 is 1.06 bits per heavy atom. The Labute approximate surface area is 295 Å². The summed E-state index contributed by atoms with van der Waals surface area (Å²) < 4.78 is 37.0. The lowest BCUT2D eigenvalue weighted by atomic mass is 9.80. The van der Waals surface area contributed by atoms with Crippen molar-refractivity contribution in [2.45, 2.75) is 110 Å². The van der Waals surface area contributed by atoms with E-state index in [-0.39, 0.29) is 24.5 Å². The van der Waals surface area contributed by atoms with Crippen LogP contribution >= 0.6 is 0 Å². The average Bonchev–Trinajstić information content (AvgIpc) is 3.07. The predicted molar refractivity (Wildman–Crippen MR) is 189 cm³/mol. The van der Waals surface area contributed by atoms with E-state index >= 15 is 0 Å². The molecule has 0 saturated heterocycles. The number of carbonyl (C=O) groups is 4. The fourth-order valence-corrected chi connectivity index (χ4v) is 3.67. The van der Waals surface area contributed by atoms with Crippen molar-refractivity contribution in [3.8, 4) is 0 Å². The maximum Gasteiger partial charge on any atom is 0.488 e. The number of aliphatic carboxylic acids is 2. The van der Waals surface area contributed by atoms with Crippen LogP contribution in [0.2, 0.25) is 0 Å². The summed E-state index contributed by atoms with van der Waals surface area (Å²) in [6.07, 6.45) is 13.2. The third kappa shape index (κ3) is 42.9. The number of amides is 1. The molecule has 0 unspecified atom stereocenters. The molecule has 1 amide bonds. The van der Waals surface area contributed by atoms with E-state index in [1.165, 1.54) is 32.1 Å². The summed E-state index contributed by atoms with van der Waals surface area (Å²) in [7, 11) is 0.960. The predicted octanol–water partition coefficient (Wildman–Crippen LogP) is 2.60. The van der Waals surface area contributed by atoms with E-state index in [4.69, 9.17) is 36.8 Å². The first-order valence-corrected chi connectivity index (χ1v) is 16.9. The van der Waals surface area contributed by atoms with Crippen molar-refractivity contribution in [3.05, 3.63) is 29.6 Å². The Bertz CT molecular complexity index is 953. The molecule has 0 aliphatic carbocycles. The number of ketones is 1. The summed E-state index contributed by atoms with van der Waals surface area (Å²) in [5.41, 5.74) is 10.1. The number of halogens is 3. The number of aliphatic hydroxyl groups excluding tert-OH is 1. The van der Waals surface area contributed by atoms with Crippen LogP contribution in [0.5, 0.6) is 0 Å². The average molecular weight is 727 g/mol. The third-order valence-electron chi connectivity index (χ3n) is 6.35. The van der Waals surface area contributed by atoms with Crippen molar-refractivity contribution in [1.82, 2.24) is 10.6 Å². The molecule has 0 aromatic heterocycles. The van der Waals surface area contributed by atoms with Gasteiger partial charge < -0.3 is 52.3 Å². The molecule has 0 fully saturated rings. The summed E-state index contributed by atoms with van der Waals surface area (Å²) in [4.78, 5) is 41.9. The van der Waals surface area contributed by atoms with Crippen molar-refractivity contribution >= 4 is 36.2 Å². The maximum atomic E-state index is 12.4. The fraction of sp³-hybridized carbons (Fsp3) is 0.697. The van der Waals surface area contributed by atoms with Gasteiger partial charge in [0.15, 0.2) is 17.5 Å².